The van der Waals surface area contributed by atoms with E-state index in [0.717, 1.165) is 36.0 Å². The van der Waals surface area contributed by atoms with Gasteiger partial charge < -0.3 is 15.0 Å². The zero-order valence-corrected chi connectivity index (χ0v) is 14.3. The maximum absolute atomic E-state index is 12.8. The summed E-state index contributed by atoms with van der Waals surface area (Å²) >= 11 is 0. The highest BCUT2D eigenvalue weighted by Gasteiger charge is 2.25. The molecule has 5 heteroatoms. The molecule has 128 valence electrons. The maximum Gasteiger partial charge on any atom is 0.303 e. The Balaban J connectivity index is 1.75. The lowest BCUT2D eigenvalue weighted by Gasteiger charge is -2.32. The average Bonchev–Trinajstić information content (AvgIpc) is 2.86. The topological polar surface area (TPSA) is 73.4 Å². The molecule has 1 aliphatic heterocycles. The van der Waals surface area contributed by atoms with Crippen LogP contribution in [0.2, 0.25) is 0 Å². The first-order valence-electron chi connectivity index (χ1n) is 8.55. The number of carbonyl (C=O) groups excluding carboxylic acids is 1. The van der Waals surface area contributed by atoms with Crippen LogP contribution in [0.4, 0.5) is 0 Å². The monoisotopic (exact) mass is 328 g/mol. The summed E-state index contributed by atoms with van der Waals surface area (Å²) in [5.41, 5.74) is 4.07. The van der Waals surface area contributed by atoms with Crippen LogP contribution in [0.25, 0.3) is 10.9 Å². The highest BCUT2D eigenvalue weighted by atomic mass is 16.4. The van der Waals surface area contributed by atoms with Gasteiger partial charge in [-0.3, -0.25) is 9.59 Å². The third-order valence-corrected chi connectivity index (χ3v) is 5.13. The first-order valence-corrected chi connectivity index (χ1v) is 8.55. The van der Waals surface area contributed by atoms with Crippen LogP contribution in [0.5, 0.6) is 0 Å². The number of carboxylic acids is 1. The molecule has 2 heterocycles. The van der Waals surface area contributed by atoms with Crippen LogP contribution in [-0.2, 0) is 4.79 Å². The molecule has 0 aliphatic carbocycles. The van der Waals surface area contributed by atoms with Crippen molar-refractivity contribution < 1.29 is 14.7 Å². The predicted molar refractivity (Wildman–Crippen MR) is 93.3 cm³/mol. The number of benzene rings is 1. The normalized spacial score (nSPS) is 18.1. The fourth-order valence-electron chi connectivity index (χ4n) is 3.59. The fourth-order valence-corrected chi connectivity index (χ4v) is 3.59. The smallest absolute Gasteiger partial charge is 0.303 e. The molecule has 3 rings (SSSR count). The molecule has 0 bridgehead atoms. The molecule has 1 aliphatic rings. The standard InChI is InChI=1S/C19H24N2O3/c1-12-13(2)20-17-7-6-15(10-16(12)17)19(24)21-9-3-4-14(11-21)5-8-18(22)23/h6-7,10,14,20H,3-5,8-9,11H2,1-2H3,(H,22,23)/t14-/m1/s1. The minimum atomic E-state index is -0.762. The van der Waals surface area contributed by atoms with Crippen molar-refractivity contribution in [3.63, 3.8) is 0 Å². The zero-order valence-electron chi connectivity index (χ0n) is 14.3. The van der Waals surface area contributed by atoms with E-state index in [1.165, 1.54) is 5.56 Å². The van der Waals surface area contributed by atoms with E-state index < -0.39 is 5.97 Å². The first kappa shape index (κ1) is 16.6. The van der Waals surface area contributed by atoms with Crippen molar-refractivity contribution in [2.75, 3.05) is 13.1 Å². The Labute approximate surface area is 141 Å². The zero-order chi connectivity index (χ0) is 17.3. The molecule has 0 spiro atoms. The van der Waals surface area contributed by atoms with E-state index in [9.17, 15) is 9.59 Å². The number of aromatic amines is 1. The van der Waals surface area contributed by atoms with Gasteiger partial charge in [-0.25, -0.2) is 0 Å². The van der Waals surface area contributed by atoms with Gasteiger partial charge in [0.1, 0.15) is 0 Å². The number of likely N-dealkylation sites (tertiary alicyclic amines) is 1. The lowest BCUT2D eigenvalue weighted by molar-refractivity contribution is -0.137. The van der Waals surface area contributed by atoms with Crippen molar-refractivity contribution in [2.24, 2.45) is 5.92 Å². The molecular formula is C19H24N2O3. The largest absolute Gasteiger partial charge is 0.481 e. The molecule has 2 aromatic rings. The Hall–Kier alpha value is -2.30. The quantitative estimate of drug-likeness (QED) is 0.902. The summed E-state index contributed by atoms with van der Waals surface area (Å²) in [6.45, 7) is 5.51. The molecular weight excluding hydrogens is 304 g/mol. The van der Waals surface area contributed by atoms with E-state index in [0.29, 0.717) is 24.4 Å². The Morgan fingerprint density at radius 3 is 2.88 bits per heavy atom. The van der Waals surface area contributed by atoms with Crippen molar-refractivity contribution >= 4 is 22.8 Å². The number of fused-ring (bicyclic) bond motifs is 1. The van der Waals surface area contributed by atoms with E-state index in [-0.39, 0.29) is 12.3 Å². The molecule has 0 saturated carbocycles. The van der Waals surface area contributed by atoms with Gasteiger partial charge in [0.25, 0.3) is 5.91 Å². The summed E-state index contributed by atoms with van der Waals surface area (Å²) in [6, 6.07) is 5.81. The molecule has 1 fully saturated rings. The van der Waals surface area contributed by atoms with E-state index in [2.05, 4.69) is 11.9 Å². The van der Waals surface area contributed by atoms with Gasteiger partial charge in [-0.2, -0.15) is 0 Å². The second-order valence-corrected chi connectivity index (χ2v) is 6.83. The molecule has 1 amide bonds. The molecule has 1 atom stereocenters. The summed E-state index contributed by atoms with van der Waals surface area (Å²) in [7, 11) is 0. The van der Waals surface area contributed by atoms with Crippen molar-refractivity contribution in [1.29, 1.82) is 0 Å². The third-order valence-electron chi connectivity index (χ3n) is 5.13. The highest BCUT2D eigenvalue weighted by Crippen LogP contribution is 2.25. The Morgan fingerprint density at radius 1 is 1.33 bits per heavy atom. The van der Waals surface area contributed by atoms with Gasteiger partial charge in [-0.05, 0) is 62.8 Å². The number of hydrogen-bond acceptors (Lipinski definition) is 2. The Morgan fingerprint density at radius 2 is 2.12 bits per heavy atom. The molecule has 0 radical (unpaired) electrons. The van der Waals surface area contributed by atoms with Crippen molar-refractivity contribution in [3.8, 4) is 0 Å². The highest BCUT2D eigenvalue weighted by molar-refractivity contribution is 5.99. The molecule has 0 unspecified atom stereocenters. The minimum Gasteiger partial charge on any atom is -0.481 e. The van der Waals surface area contributed by atoms with Gasteiger partial charge in [0, 0.05) is 41.7 Å². The Bertz CT molecular complexity index is 778. The summed E-state index contributed by atoms with van der Waals surface area (Å²) in [5.74, 6) is -0.420. The second-order valence-electron chi connectivity index (χ2n) is 6.83. The van der Waals surface area contributed by atoms with Gasteiger partial charge in [0.05, 0.1) is 0 Å². The van der Waals surface area contributed by atoms with E-state index in [4.69, 9.17) is 5.11 Å². The number of rotatable bonds is 4. The molecule has 2 N–H and O–H groups in total. The minimum absolute atomic E-state index is 0.0511. The van der Waals surface area contributed by atoms with Crippen LogP contribution in [0.3, 0.4) is 0 Å². The van der Waals surface area contributed by atoms with Crippen LogP contribution in [-0.4, -0.2) is 40.0 Å². The number of aryl methyl sites for hydroxylation is 2. The summed E-state index contributed by atoms with van der Waals surface area (Å²) in [4.78, 5) is 28.8. The molecule has 5 nitrogen and oxygen atoms in total. The second kappa shape index (κ2) is 6.67. The van der Waals surface area contributed by atoms with Gasteiger partial charge in [0.15, 0.2) is 0 Å². The lowest BCUT2D eigenvalue weighted by Crippen LogP contribution is -2.40. The number of H-pyrrole nitrogens is 1. The number of aromatic nitrogens is 1. The third kappa shape index (κ3) is 3.30. The number of nitrogens with one attached hydrogen (secondary N) is 1. The van der Waals surface area contributed by atoms with Crippen LogP contribution < -0.4 is 0 Å². The van der Waals surface area contributed by atoms with E-state index >= 15 is 0 Å². The van der Waals surface area contributed by atoms with Gasteiger partial charge in [-0.1, -0.05) is 0 Å². The van der Waals surface area contributed by atoms with Crippen LogP contribution >= 0.6 is 0 Å². The van der Waals surface area contributed by atoms with Crippen molar-refractivity contribution in [1.82, 2.24) is 9.88 Å². The predicted octanol–water partition coefficient (Wildman–Crippen LogP) is 3.50. The van der Waals surface area contributed by atoms with Crippen LogP contribution in [0.15, 0.2) is 18.2 Å². The van der Waals surface area contributed by atoms with Crippen molar-refractivity contribution in [2.45, 2.75) is 39.5 Å². The number of hydrogen-bond donors (Lipinski definition) is 2. The molecule has 1 saturated heterocycles. The number of carboxylic acid groups (broad SMARTS) is 1. The van der Waals surface area contributed by atoms with E-state index in [1.807, 2.05) is 30.0 Å². The summed E-state index contributed by atoms with van der Waals surface area (Å²) in [5, 5.41) is 9.94. The number of amides is 1. The van der Waals surface area contributed by atoms with Crippen molar-refractivity contribution in [3.05, 3.63) is 35.0 Å². The summed E-state index contributed by atoms with van der Waals surface area (Å²) in [6.07, 6.45) is 2.78. The maximum atomic E-state index is 12.8. The lowest BCUT2D eigenvalue weighted by atomic mass is 9.93. The van der Waals surface area contributed by atoms with Gasteiger partial charge >= 0.3 is 5.97 Å². The summed E-state index contributed by atoms with van der Waals surface area (Å²) < 4.78 is 0. The first-order chi connectivity index (χ1) is 11.5. The van der Waals surface area contributed by atoms with Gasteiger partial charge in [0.2, 0.25) is 0 Å². The Kier molecular flexibility index (Phi) is 4.60. The number of piperidine rings is 1. The number of carbonyl (C=O) groups is 2. The average molecular weight is 328 g/mol. The molecule has 1 aromatic carbocycles. The van der Waals surface area contributed by atoms with Crippen LogP contribution in [0.1, 0.15) is 47.3 Å². The number of nitrogens with zero attached hydrogens (tertiary/aromatic N) is 1. The number of aliphatic carboxylic acids is 1. The van der Waals surface area contributed by atoms with Crippen LogP contribution in [0, 0.1) is 19.8 Å². The molecule has 24 heavy (non-hydrogen) atoms. The van der Waals surface area contributed by atoms with Gasteiger partial charge in [-0.15, -0.1) is 0 Å². The molecule has 1 aromatic heterocycles. The SMILES string of the molecule is Cc1[nH]c2ccc(C(=O)N3CCC[C@H](CCC(=O)O)C3)cc2c1C. The van der Waals surface area contributed by atoms with E-state index in [1.54, 1.807) is 0 Å². The fraction of sp³-hybridized carbons (Fsp3) is 0.474.